The molecule has 21 heavy (non-hydrogen) atoms. The maximum absolute atomic E-state index is 12.4. The minimum Gasteiger partial charge on any atom is -0.469 e. The van der Waals surface area contributed by atoms with Crippen molar-refractivity contribution in [2.45, 2.75) is 25.3 Å². The second-order valence-electron chi connectivity index (χ2n) is 5.64. The molecule has 0 bridgehead atoms. The molecule has 1 saturated heterocycles. The summed E-state index contributed by atoms with van der Waals surface area (Å²) in [6.07, 6.45) is 2.05. The number of carbonyl (C=O) groups is 1. The molecule has 0 aromatic rings. The van der Waals surface area contributed by atoms with Gasteiger partial charge < -0.3 is 10.5 Å². The van der Waals surface area contributed by atoms with E-state index in [1.807, 2.05) is 0 Å². The Labute approximate surface area is 132 Å². The van der Waals surface area contributed by atoms with Gasteiger partial charge in [0.05, 0.1) is 13.5 Å². The van der Waals surface area contributed by atoms with E-state index in [1.165, 1.54) is 22.8 Å². The van der Waals surface area contributed by atoms with Crippen LogP contribution in [0, 0.1) is 11.8 Å². The molecule has 2 rings (SSSR count). The number of nitrogens with zero attached hydrogens (tertiary/aromatic N) is 2. The van der Waals surface area contributed by atoms with E-state index in [-0.39, 0.29) is 37.3 Å². The van der Waals surface area contributed by atoms with E-state index >= 15 is 0 Å². The first-order chi connectivity index (χ1) is 9.36. The lowest BCUT2D eigenvalue weighted by atomic mass is 9.98. The van der Waals surface area contributed by atoms with Crippen LogP contribution in [-0.4, -0.2) is 62.8 Å². The summed E-state index contributed by atoms with van der Waals surface area (Å²) in [7, 11) is -0.721. The van der Waals surface area contributed by atoms with Crippen LogP contribution in [0.15, 0.2) is 0 Å². The Kier molecular flexibility index (Phi) is 6.42. The van der Waals surface area contributed by atoms with Gasteiger partial charge in [-0.3, -0.25) is 4.79 Å². The first-order valence-corrected chi connectivity index (χ1v) is 8.29. The van der Waals surface area contributed by atoms with Crippen LogP contribution in [-0.2, 0) is 19.7 Å². The Morgan fingerprint density at radius 3 is 2.62 bits per heavy atom. The predicted octanol–water partition coefficient (Wildman–Crippen LogP) is -0.183. The topological polar surface area (TPSA) is 92.9 Å². The maximum Gasteiger partial charge on any atom is 0.306 e. The van der Waals surface area contributed by atoms with Crippen molar-refractivity contribution in [3.63, 3.8) is 0 Å². The van der Waals surface area contributed by atoms with Crippen LogP contribution in [0.1, 0.15) is 19.3 Å². The summed E-state index contributed by atoms with van der Waals surface area (Å²) in [5.41, 5.74) is 6.02. The molecule has 1 heterocycles. The summed E-state index contributed by atoms with van der Waals surface area (Å²) in [5, 5.41) is 0. The molecule has 124 valence electrons. The monoisotopic (exact) mass is 341 g/mol. The van der Waals surface area contributed by atoms with Gasteiger partial charge in [-0.05, 0) is 24.7 Å². The van der Waals surface area contributed by atoms with Crippen molar-refractivity contribution in [1.29, 1.82) is 0 Å². The molecule has 0 amide bonds. The lowest BCUT2D eigenvalue weighted by molar-refractivity contribution is -0.140. The molecule has 9 heteroatoms. The number of esters is 1. The van der Waals surface area contributed by atoms with Crippen LogP contribution >= 0.6 is 12.4 Å². The normalized spacial score (nSPS) is 29.2. The third-order valence-corrected chi connectivity index (χ3v) is 6.38. The van der Waals surface area contributed by atoms with Crippen LogP contribution in [0.25, 0.3) is 0 Å². The molecular weight excluding hydrogens is 318 g/mol. The van der Waals surface area contributed by atoms with Gasteiger partial charge in [-0.25, -0.2) is 0 Å². The molecule has 0 radical (unpaired) electrons. The minimum absolute atomic E-state index is 0. The van der Waals surface area contributed by atoms with Crippen LogP contribution < -0.4 is 5.73 Å². The molecule has 3 unspecified atom stereocenters. The van der Waals surface area contributed by atoms with Crippen molar-refractivity contribution in [2.24, 2.45) is 17.6 Å². The third kappa shape index (κ3) is 3.87. The Bertz CT molecular complexity index is 473. The van der Waals surface area contributed by atoms with Crippen molar-refractivity contribution < 1.29 is 17.9 Å². The number of hydrogen-bond donors (Lipinski definition) is 1. The van der Waals surface area contributed by atoms with Gasteiger partial charge >= 0.3 is 5.97 Å². The first kappa shape index (κ1) is 18.6. The van der Waals surface area contributed by atoms with E-state index in [4.69, 9.17) is 5.73 Å². The molecule has 1 aliphatic carbocycles. The highest BCUT2D eigenvalue weighted by Gasteiger charge is 2.45. The largest absolute Gasteiger partial charge is 0.469 e. The third-order valence-electron chi connectivity index (χ3n) is 4.46. The number of halogens is 1. The fourth-order valence-electron chi connectivity index (χ4n) is 3.12. The predicted molar refractivity (Wildman–Crippen MR) is 81.2 cm³/mol. The van der Waals surface area contributed by atoms with Gasteiger partial charge in [0.15, 0.2) is 0 Å². The zero-order chi connectivity index (χ0) is 14.9. The first-order valence-electron chi connectivity index (χ1n) is 6.90. The lowest BCUT2D eigenvalue weighted by Crippen LogP contribution is -2.42. The molecule has 2 N–H and O–H groups in total. The molecule has 3 atom stereocenters. The zero-order valence-electron chi connectivity index (χ0n) is 12.4. The number of fused-ring (bicyclic) bond motifs is 1. The quantitative estimate of drug-likeness (QED) is 0.700. The van der Waals surface area contributed by atoms with E-state index in [1.54, 1.807) is 0 Å². The Balaban J connectivity index is 0.00000220. The second-order valence-corrected chi connectivity index (χ2v) is 7.67. The molecule has 7 nitrogen and oxygen atoms in total. The van der Waals surface area contributed by atoms with E-state index in [0.717, 1.165) is 12.8 Å². The standard InChI is InChI=1S/C12H23N3O4S.ClH/c1-14(6-5-12(16)19-2)20(17,18)15-7-9-3-4-11(13)10(9)8-15;/h9-11H,3-8,13H2,1-2H3;1H. The van der Waals surface area contributed by atoms with E-state index < -0.39 is 16.2 Å². The smallest absolute Gasteiger partial charge is 0.306 e. The highest BCUT2D eigenvalue weighted by atomic mass is 35.5. The molecule has 1 saturated carbocycles. The number of methoxy groups -OCH3 is 1. The van der Waals surface area contributed by atoms with Gasteiger partial charge in [-0.2, -0.15) is 17.0 Å². The second kappa shape index (κ2) is 7.23. The Hall–Kier alpha value is -0.410. The number of carbonyl (C=O) groups excluding carboxylic acids is 1. The van der Waals surface area contributed by atoms with Gasteiger partial charge in [0.25, 0.3) is 10.2 Å². The summed E-state index contributed by atoms with van der Waals surface area (Å²) in [6, 6.07) is 0.112. The maximum atomic E-state index is 12.4. The SMILES string of the molecule is COC(=O)CCN(C)S(=O)(=O)N1CC2CCC(N)C2C1.Cl. The van der Waals surface area contributed by atoms with Crippen molar-refractivity contribution in [3.8, 4) is 0 Å². The fraction of sp³-hybridized carbons (Fsp3) is 0.917. The molecule has 0 spiro atoms. The van der Waals surface area contributed by atoms with Crippen molar-refractivity contribution >= 4 is 28.6 Å². The van der Waals surface area contributed by atoms with Gasteiger partial charge in [0.1, 0.15) is 0 Å². The average Bonchev–Trinajstić information content (AvgIpc) is 2.98. The molecule has 0 aromatic carbocycles. The summed E-state index contributed by atoms with van der Waals surface area (Å²) in [4.78, 5) is 11.1. The highest BCUT2D eigenvalue weighted by Crippen LogP contribution is 2.38. The van der Waals surface area contributed by atoms with Gasteiger partial charge in [-0.15, -0.1) is 12.4 Å². The van der Waals surface area contributed by atoms with Crippen LogP contribution in [0.3, 0.4) is 0 Å². The number of hydrogen-bond acceptors (Lipinski definition) is 5. The van der Waals surface area contributed by atoms with E-state index in [9.17, 15) is 13.2 Å². The molecule has 2 aliphatic rings. The molecular formula is C12H24ClN3O4S. The highest BCUT2D eigenvalue weighted by molar-refractivity contribution is 7.86. The van der Waals surface area contributed by atoms with Gasteiger partial charge in [0, 0.05) is 32.7 Å². The Morgan fingerprint density at radius 2 is 2.05 bits per heavy atom. The van der Waals surface area contributed by atoms with E-state index in [0.29, 0.717) is 19.0 Å². The molecule has 2 fully saturated rings. The van der Waals surface area contributed by atoms with E-state index in [2.05, 4.69) is 4.74 Å². The summed E-state index contributed by atoms with van der Waals surface area (Å²) in [5.74, 6) is 0.250. The number of nitrogens with two attached hydrogens (primary N) is 1. The summed E-state index contributed by atoms with van der Waals surface area (Å²) in [6.45, 7) is 1.17. The average molecular weight is 342 g/mol. The summed E-state index contributed by atoms with van der Waals surface area (Å²) >= 11 is 0. The van der Waals surface area contributed by atoms with Crippen molar-refractivity contribution in [3.05, 3.63) is 0 Å². The minimum atomic E-state index is -3.50. The Morgan fingerprint density at radius 1 is 1.38 bits per heavy atom. The number of ether oxygens (including phenoxy) is 1. The zero-order valence-corrected chi connectivity index (χ0v) is 14.0. The number of rotatable bonds is 5. The van der Waals surface area contributed by atoms with Crippen LogP contribution in [0.4, 0.5) is 0 Å². The van der Waals surface area contributed by atoms with Crippen molar-refractivity contribution in [2.75, 3.05) is 33.8 Å². The lowest BCUT2D eigenvalue weighted by Gasteiger charge is -2.24. The molecule has 1 aliphatic heterocycles. The van der Waals surface area contributed by atoms with Crippen LogP contribution in [0.2, 0.25) is 0 Å². The van der Waals surface area contributed by atoms with Crippen LogP contribution in [0.5, 0.6) is 0 Å². The molecule has 0 aromatic heterocycles. The van der Waals surface area contributed by atoms with Gasteiger partial charge in [0.2, 0.25) is 0 Å². The fourth-order valence-corrected chi connectivity index (χ4v) is 4.57. The summed E-state index contributed by atoms with van der Waals surface area (Å²) < 4.78 is 32.1. The van der Waals surface area contributed by atoms with Crippen molar-refractivity contribution in [1.82, 2.24) is 8.61 Å². The van der Waals surface area contributed by atoms with Gasteiger partial charge in [-0.1, -0.05) is 0 Å².